The molecule has 1 aliphatic carbocycles. The summed E-state index contributed by atoms with van der Waals surface area (Å²) in [5, 5.41) is 3.56. The Bertz CT molecular complexity index is 510. The van der Waals surface area contributed by atoms with Gasteiger partial charge in [-0.3, -0.25) is 4.79 Å². The van der Waals surface area contributed by atoms with Crippen LogP contribution in [-0.2, 0) is 11.3 Å². The normalized spacial score (nSPS) is 24.6. The zero-order valence-electron chi connectivity index (χ0n) is 12.1. The predicted octanol–water partition coefficient (Wildman–Crippen LogP) is 1.59. The van der Waals surface area contributed by atoms with Gasteiger partial charge in [0, 0.05) is 24.1 Å². The molecule has 3 N–H and O–H groups in total. The van der Waals surface area contributed by atoms with Crippen molar-refractivity contribution in [2.24, 2.45) is 11.7 Å². The second-order valence-electron chi connectivity index (χ2n) is 5.77. The summed E-state index contributed by atoms with van der Waals surface area (Å²) in [6.07, 6.45) is 3.78. The zero-order valence-corrected chi connectivity index (χ0v) is 12.1. The van der Waals surface area contributed by atoms with E-state index in [9.17, 15) is 4.79 Å². The first-order chi connectivity index (χ1) is 10.2. The first-order valence-electron chi connectivity index (χ1n) is 7.64. The molecule has 0 unspecified atom stereocenters. The van der Waals surface area contributed by atoms with Crippen molar-refractivity contribution in [3.8, 4) is 11.5 Å². The molecule has 1 amide bonds. The van der Waals surface area contributed by atoms with Crippen molar-refractivity contribution in [3.63, 3.8) is 0 Å². The standard InChI is InChI=1S/C16H22N2O3/c17-16(19)11-4-6-13(7-5-11)18-10-12-2-1-3-14-15(12)21-9-8-20-14/h1-3,11,13,18H,4-10H2,(H2,17,19). The Labute approximate surface area is 124 Å². The molecule has 0 saturated heterocycles. The maximum atomic E-state index is 11.2. The summed E-state index contributed by atoms with van der Waals surface area (Å²) >= 11 is 0. The number of primary amides is 1. The van der Waals surface area contributed by atoms with Crippen LogP contribution in [0.15, 0.2) is 18.2 Å². The predicted molar refractivity (Wildman–Crippen MR) is 79.2 cm³/mol. The van der Waals surface area contributed by atoms with Gasteiger partial charge in [0.15, 0.2) is 11.5 Å². The number of rotatable bonds is 4. The summed E-state index contributed by atoms with van der Waals surface area (Å²) in [5.74, 6) is 1.60. The van der Waals surface area contributed by atoms with Crippen LogP contribution in [0.5, 0.6) is 11.5 Å². The number of nitrogens with two attached hydrogens (primary N) is 1. The number of fused-ring (bicyclic) bond motifs is 1. The van der Waals surface area contributed by atoms with Gasteiger partial charge in [-0.1, -0.05) is 12.1 Å². The maximum Gasteiger partial charge on any atom is 0.220 e. The van der Waals surface area contributed by atoms with E-state index in [-0.39, 0.29) is 11.8 Å². The van der Waals surface area contributed by atoms with E-state index in [1.807, 2.05) is 12.1 Å². The number of hydrogen-bond donors (Lipinski definition) is 2. The molecule has 21 heavy (non-hydrogen) atoms. The maximum absolute atomic E-state index is 11.2. The summed E-state index contributed by atoms with van der Waals surface area (Å²) in [6, 6.07) is 6.45. The molecule has 1 heterocycles. The van der Waals surface area contributed by atoms with Gasteiger partial charge in [0.2, 0.25) is 5.91 Å². The van der Waals surface area contributed by atoms with Crippen LogP contribution in [0.3, 0.4) is 0 Å². The third-order valence-corrected chi connectivity index (χ3v) is 4.36. The molecule has 114 valence electrons. The SMILES string of the molecule is NC(=O)C1CCC(NCc2cccc3c2OCCO3)CC1. The number of carbonyl (C=O) groups is 1. The van der Waals surface area contributed by atoms with Crippen molar-refractivity contribution in [2.75, 3.05) is 13.2 Å². The van der Waals surface area contributed by atoms with Crippen molar-refractivity contribution >= 4 is 5.91 Å². The molecule has 1 aromatic rings. The molecule has 1 fully saturated rings. The monoisotopic (exact) mass is 290 g/mol. The first kappa shape index (κ1) is 14.2. The number of amides is 1. The van der Waals surface area contributed by atoms with Gasteiger partial charge in [-0.2, -0.15) is 0 Å². The van der Waals surface area contributed by atoms with E-state index in [0.29, 0.717) is 19.3 Å². The number of benzene rings is 1. The van der Waals surface area contributed by atoms with Crippen LogP contribution in [0, 0.1) is 5.92 Å². The number of nitrogens with one attached hydrogen (secondary N) is 1. The Balaban J connectivity index is 1.55. The second-order valence-corrected chi connectivity index (χ2v) is 5.77. The van der Waals surface area contributed by atoms with Gasteiger partial charge in [-0.25, -0.2) is 0 Å². The summed E-state index contributed by atoms with van der Waals surface area (Å²) in [5.41, 5.74) is 6.49. The fourth-order valence-electron chi connectivity index (χ4n) is 3.11. The van der Waals surface area contributed by atoms with Crippen LogP contribution in [0.1, 0.15) is 31.2 Å². The Morgan fingerprint density at radius 3 is 2.71 bits per heavy atom. The molecule has 3 rings (SSSR count). The lowest BCUT2D eigenvalue weighted by Crippen LogP contribution is -2.36. The summed E-state index contributed by atoms with van der Waals surface area (Å²) < 4.78 is 11.3. The van der Waals surface area contributed by atoms with Crippen LogP contribution in [0.2, 0.25) is 0 Å². The number of para-hydroxylation sites is 1. The highest BCUT2D eigenvalue weighted by Gasteiger charge is 2.24. The smallest absolute Gasteiger partial charge is 0.220 e. The zero-order chi connectivity index (χ0) is 14.7. The van der Waals surface area contributed by atoms with Crippen LogP contribution >= 0.6 is 0 Å². The van der Waals surface area contributed by atoms with Crippen molar-refractivity contribution in [1.82, 2.24) is 5.32 Å². The summed E-state index contributed by atoms with van der Waals surface area (Å²) in [6.45, 7) is 1.98. The van der Waals surface area contributed by atoms with E-state index in [4.69, 9.17) is 15.2 Å². The Kier molecular flexibility index (Phi) is 4.29. The number of hydrogen-bond acceptors (Lipinski definition) is 4. The van der Waals surface area contributed by atoms with Crippen LogP contribution in [0.25, 0.3) is 0 Å². The van der Waals surface area contributed by atoms with E-state index in [0.717, 1.165) is 49.3 Å². The highest BCUT2D eigenvalue weighted by atomic mass is 16.6. The molecule has 1 aromatic carbocycles. The van der Waals surface area contributed by atoms with Crippen molar-refractivity contribution < 1.29 is 14.3 Å². The molecule has 5 heteroatoms. The third kappa shape index (κ3) is 3.29. The van der Waals surface area contributed by atoms with Gasteiger partial charge < -0.3 is 20.5 Å². The minimum atomic E-state index is -0.156. The average molecular weight is 290 g/mol. The molecule has 1 aliphatic heterocycles. The minimum Gasteiger partial charge on any atom is -0.486 e. The van der Waals surface area contributed by atoms with Crippen LogP contribution in [-0.4, -0.2) is 25.2 Å². The van der Waals surface area contributed by atoms with E-state index < -0.39 is 0 Å². The van der Waals surface area contributed by atoms with Gasteiger partial charge in [0.05, 0.1) is 0 Å². The van der Waals surface area contributed by atoms with Gasteiger partial charge in [-0.05, 0) is 31.7 Å². The lowest BCUT2D eigenvalue weighted by Gasteiger charge is -2.28. The molecular weight excluding hydrogens is 268 g/mol. The molecular formula is C16H22N2O3. The van der Waals surface area contributed by atoms with E-state index in [1.54, 1.807) is 0 Å². The van der Waals surface area contributed by atoms with Gasteiger partial charge >= 0.3 is 0 Å². The van der Waals surface area contributed by atoms with E-state index >= 15 is 0 Å². The average Bonchev–Trinajstić information content (AvgIpc) is 2.53. The molecule has 0 atom stereocenters. The van der Waals surface area contributed by atoms with Crippen molar-refractivity contribution in [2.45, 2.75) is 38.3 Å². The highest BCUT2D eigenvalue weighted by Crippen LogP contribution is 2.34. The van der Waals surface area contributed by atoms with E-state index in [1.165, 1.54) is 0 Å². The fourth-order valence-corrected chi connectivity index (χ4v) is 3.11. The lowest BCUT2D eigenvalue weighted by atomic mass is 9.85. The Morgan fingerprint density at radius 1 is 1.19 bits per heavy atom. The molecule has 0 bridgehead atoms. The summed E-state index contributed by atoms with van der Waals surface area (Å²) in [4.78, 5) is 11.2. The largest absolute Gasteiger partial charge is 0.486 e. The van der Waals surface area contributed by atoms with Crippen LogP contribution < -0.4 is 20.5 Å². The third-order valence-electron chi connectivity index (χ3n) is 4.36. The first-order valence-corrected chi connectivity index (χ1v) is 7.64. The molecule has 0 spiro atoms. The second kappa shape index (κ2) is 6.35. The number of ether oxygens (including phenoxy) is 2. The number of carbonyl (C=O) groups excluding carboxylic acids is 1. The minimum absolute atomic E-state index is 0.0595. The Hall–Kier alpha value is -1.75. The topological polar surface area (TPSA) is 73.6 Å². The van der Waals surface area contributed by atoms with Crippen molar-refractivity contribution in [1.29, 1.82) is 0 Å². The Morgan fingerprint density at radius 2 is 1.95 bits per heavy atom. The van der Waals surface area contributed by atoms with E-state index in [2.05, 4.69) is 11.4 Å². The summed E-state index contributed by atoms with van der Waals surface area (Å²) in [7, 11) is 0. The molecule has 5 nitrogen and oxygen atoms in total. The molecule has 1 saturated carbocycles. The highest BCUT2D eigenvalue weighted by molar-refractivity contribution is 5.76. The van der Waals surface area contributed by atoms with Gasteiger partial charge in [0.1, 0.15) is 13.2 Å². The van der Waals surface area contributed by atoms with Crippen molar-refractivity contribution in [3.05, 3.63) is 23.8 Å². The quantitative estimate of drug-likeness (QED) is 0.883. The molecule has 0 radical (unpaired) electrons. The van der Waals surface area contributed by atoms with Gasteiger partial charge in [0.25, 0.3) is 0 Å². The fraction of sp³-hybridized carbons (Fsp3) is 0.562. The molecule has 2 aliphatic rings. The lowest BCUT2D eigenvalue weighted by molar-refractivity contribution is -0.122. The molecule has 0 aromatic heterocycles. The van der Waals surface area contributed by atoms with Crippen LogP contribution in [0.4, 0.5) is 0 Å². The van der Waals surface area contributed by atoms with Gasteiger partial charge in [-0.15, -0.1) is 0 Å².